The van der Waals surface area contributed by atoms with Crippen LogP contribution in [0.2, 0.25) is 0 Å². The van der Waals surface area contributed by atoms with Crippen molar-refractivity contribution in [2.75, 3.05) is 18.5 Å². The average Bonchev–Trinajstić information content (AvgIpc) is 2.53. The van der Waals surface area contributed by atoms with E-state index < -0.39 is 0 Å². The van der Waals surface area contributed by atoms with Gasteiger partial charge in [-0.3, -0.25) is 4.79 Å². The van der Waals surface area contributed by atoms with Gasteiger partial charge in [0.2, 0.25) is 0 Å². The minimum atomic E-state index is -0.334. The maximum absolute atomic E-state index is 11.8. The predicted octanol–water partition coefficient (Wildman–Crippen LogP) is 3.40. The van der Waals surface area contributed by atoms with Crippen molar-refractivity contribution in [1.29, 1.82) is 0 Å². The Hall–Kier alpha value is -2.82. The molecular weight excluding hydrogens is 292 g/mol. The molecule has 2 aromatic rings. The first-order chi connectivity index (χ1) is 11.1. The van der Waals surface area contributed by atoms with Gasteiger partial charge in [-0.2, -0.15) is 0 Å². The lowest BCUT2D eigenvalue weighted by Gasteiger charge is -2.10. The Kier molecular flexibility index (Phi) is 5.74. The van der Waals surface area contributed by atoms with E-state index in [4.69, 9.17) is 4.74 Å². The van der Waals surface area contributed by atoms with Gasteiger partial charge in [-0.25, -0.2) is 4.79 Å². The van der Waals surface area contributed by atoms with Crippen LogP contribution in [-0.2, 0) is 0 Å². The van der Waals surface area contributed by atoms with Crippen molar-refractivity contribution in [2.24, 2.45) is 0 Å². The molecular formula is C18H20N2O3. The number of ketones is 1. The molecule has 2 N–H and O–H groups in total. The van der Waals surface area contributed by atoms with Gasteiger partial charge in [0.1, 0.15) is 12.4 Å². The molecule has 2 amide bonds. The first-order valence-electron chi connectivity index (χ1n) is 7.40. The van der Waals surface area contributed by atoms with Crippen molar-refractivity contribution in [1.82, 2.24) is 5.32 Å². The number of amides is 2. The van der Waals surface area contributed by atoms with Crippen LogP contribution in [0.4, 0.5) is 10.5 Å². The van der Waals surface area contributed by atoms with Gasteiger partial charge in [0.05, 0.1) is 6.54 Å². The van der Waals surface area contributed by atoms with Crippen LogP contribution in [0.15, 0.2) is 48.5 Å². The molecule has 2 rings (SSSR count). The summed E-state index contributed by atoms with van der Waals surface area (Å²) in [4.78, 5) is 23.1. The number of urea groups is 1. The zero-order valence-corrected chi connectivity index (χ0v) is 13.3. The number of Topliss-reactive ketones (excluding diaryl/α,β-unsaturated/α-hetero) is 1. The Bertz CT molecular complexity index is 698. The number of aryl methyl sites for hydroxylation is 1. The van der Waals surface area contributed by atoms with Gasteiger partial charge < -0.3 is 15.4 Å². The number of carbonyl (C=O) groups excluding carboxylic acids is 2. The number of ether oxygens (including phenoxy) is 1. The smallest absolute Gasteiger partial charge is 0.319 e. The second-order valence-corrected chi connectivity index (χ2v) is 5.13. The highest BCUT2D eigenvalue weighted by atomic mass is 16.5. The van der Waals surface area contributed by atoms with Crippen LogP contribution < -0.4 is 15.4 Å². The Morgan fingerprint density at radius 2 is 1.87 bits per heavy atom. The Morgan fingerprint density at radius 3 is 2.61 bits per heavy atom. The number of rotatable bonds is 6. The summed E-state index contributed by atoms with van der Waals surface area (Å²) in [7, 11) is 0. The number of carbonyl (C=O) groups is 2. The van der Waals surface area contributed by atoms with Gasteiger partial charge >= 0.3 is 6.03 Å². The van der Waals surface area contributed by atoms with E-state index in [9.17, 15) is 9.59 Å². The molecule has 0 saturated carbocycles. The van der Waals surface area contributed by atoms with Crippen LogP contribution >= 0.6 is 0 Å². The molecule has 0 bridgehead atoms. The van der Waals surface area contributed by atoms with Crippen LogP contribution in [0.1, 0.15) is 22.8 Å². The second-order valence-electron chi connectivity index (χ2n) is 5.13. The lowest BCUT2D eigenvalue weighted by molar-refractivity contribution is 0.101. The van der Waals surface area contributed by atoms with Crippen LogP contribution in [0.25, 0.3) is 0 Å². The second kappa shape index (κ2) is 7.98. The summed E-state index contributed by atoms with van der Waals surface area (Å²) in [5, 5.41) is 5.40. The molecule has 0 heterocycles. The van der Waals surface area contributed by atoms with E-state index in [1.807, 2.05) is 31.2 Å². The van der Waals surface area contributed by atoms with Crippen molar-refractivity contribution in [2.45, 2.75) is 13.8 Å². The molecule has 0 aliphatic heterocycles. The van der Waals surface area contributed by atoms with Crippen LogP contribution in [0.5, 0.6) is 5.75 Å². The number of benzene rings is 2. The highest BCUT2D eigenvalue weighted by molar-refractivity contribution is 5.96. The molecule has 2 aromatic carbocycles. The first kappa shape index (κ1) is 16.5. The molecule has 0 atom stereocenters. The third-order valence-corrected chi connectivity index (χ3v) is 3.27. The Balaban J connectivity index is 1.76. The molecule has 0 saturated heterocycles. The number of para-hydroxylation sites is 1. The first-order valence-corrected chi connectivity index (χ1v) is 7.40. The largest absolute Gasteiger partial charge is 0.491 e. The monoisotopic (exact) mass is 312 g/mol. The summed E-state index contributed by atoms with van der Waals surface area (Å²) in [5.41, 5.74) is 2.19. The lowest BCUT2D eigenvalue weighted by Crippen LogP contribution is -2.32. The fraction of sp³-hybridized carbons (Fsp3) is 0.222. The molecule has 0 aliphatic carbocycles. The van der Waals surface area contributed by atoms with Gasteiger partial charge in [0.25, 0.3) is 0 Å². The molecule has 5 heteroatoms. The Labute approximate surface area is 135 Å². The van der Waals surface area contributed by atoms with E-state index in [1.54, 1.807) is 24.3 Å². The zero-order chi connectivity index (χ0) is 16.7. The summed E-state index contributed by atoms with van der Waals surface area (Å²) in [6.07, 6.45) is 0. The topological polar surface area (TPSA) is 67.4 Å². The molecule has 5 nitrogen and oxygen atoms in total. The standard InChI is InChI=1S/C18H20N2O3/c1-13-6-3-4-9-17(13)23-11-10-19-18(22)20-16-8-5-7-15(12-16)14(2)21/h3-9,12H,10-11H2,1-2H3,(H2,19,20,22). The van der Waals surface area contributed by atoms with Crippen LogP contribution in [-0.4, -0.2) is 25.0 Å². The van der Waals surface area contributed by atoms with Gasteiger partial charge in [0.15, 0.2) is 5.78 Å². The highest BCUT2D eigenvalue weighted by Gasteiger charge is 2.04. The molecule has 120 valence electrons. The van der Waals surface area contributed by atoms with E-state index in [2.05, 4.69) is 10.6 Å². The van der Waals surface area contributed by atoms with Crippen molar-refractivity contribution in [3.05, 3.63) is 59.7 Å². The number of anilines is 1. The number of hydrogen-bond donors (Lipinski definition) is 2. The van der Waals surface area contributed by atoms with Crippen molar-refractivity contribution >= 4 is 17.5 Å². The zero-order valence-electron chi connectivity index (χ0n) is 13.3. The van der Waals surface area contributed by atoms with Crippen molar-refractivity contribution in [3.8, 4) is 5.75 Å². The highest BCUT2D eigenvalue weighted by Crippen LogP contribution is 2.15. The summed E-state index contributed by atoms with van der Waals surface area (Å²) in [6.45, 7) is 4.22. The molecule has 23 heavy (non-hydrogen) atoms. The van der Waals surface area contributed by atoms with E-state index in [-0.39, 0.29) is 11.8 Å². The van der Waals surface area contributed by atoms with Crippen LogP contribution in [0, 0.1) is 6.92 Å². The third kappa shape index (κ3) is 5.14. The maximum atomic E-state index is 11.8. The van der Waals surface area contributed by atoms with Gasteiger partial charge in [-0.15, -0.1) is 0 Å². The van der Waals surface area contributed by atoms with Gasteiger partial charge in [-0.1, -0.05) is 30.3 Å². The van der Waals surface area contributed by atoms with E-state index >= 15 is 0 Å². The Morgan fingerprint density at radius 1 is 1.09 bits per heavy atom. The summed E-state index contributed by atoms with van der Waals surface area (Å²) >= 11 is 0. The normalized spacial score (nSPS) is 10.0. The summed E-state index contributed by atoms with van der Waals surface area (Å²) < 4.78 is 5.60. The molecule has 0 aromatic heterocycles. The molecule has 0 radical (unpaired) electrons. The SMILES string of the molecule is CC(=O)c1cccc(NC(=O)NCCOc2ccccc2C)c1. The fourth-order valence-electron chi connectivity index (χ4n) is 2.04. The molecule has 0 aliphatic rings. The van der Waals surface area contributed by atoms with E-state index in [1.165, 1.54) is 6.92 Å². The molecule has 0 unspecified atom stereocenters. The average molecular weight is 312 g/mol. The van der Waals surface area contributed by atoms with Gasteiger partial charge in [0, 0.05) is 11.3 Å². The fourth-order valence-corrected chi connectivity index (χ4v) is 2.04. The molecule has 0 spiro atoms. The van der Waals surface area contributed by atoms with Crippen molar-refractivity contribution < 1.29 is 14.3 Å². The summed E-state index contributed by atoms with van der Waals surface area (Å²) in [6, 6.07) is 14.2. The van der Waals surface area contributed by atoms with E-state index in [0.29, 0.717) is 24.4 Å². The van der Waals surface area contributed by atoms with Crippen molar-refractivity contribution in [3.63, 3.8) is 0 Å². The van der Waals surface area contributed by atoms with Gasteiger partial charge in [-0.05, 0) is 37.6 Å². The van der Waals surface area contributed by atoms with E-state index in [0.717, 1.165) is 11.3 Å². The summed E-state index contributed by atoms with van der Waals surface area (Å²) in [5.74, 6) is 0.768. The minimum absolute atomic E-state index is 0.0410. The van der Waals surface area contributed by atoms with Crippen LogP contribution in [0.3, 0.4) is 0 Å². The maximum Gasteiger partial charge on any atom is 0.319 e. The predicted molar refractivity (Wildman–Crippen MR) is 90.1 cm³/mol. The quantitative estimate of drug-likeness (QED) is 0.634. The number of hydrogen-bond acceptors (Lipinski definition) is 3. The lowest BCUT2D eigenvalue weighted by atomic mass is 10.1. The molecule has 0 fully saturated rings. The third-order valence-electron chi connectivity index (χ3n) is 3.27. The minimum Gasteiger partial charge on any atom is -0.491 e. The number of nitrogens with one attached hydrogen (secondary N) is 2.